The van der Waals surface area contributed by atoms with Gasteiger partial charge in [-0.05, 0) is 37.5 Å². The van der Waals surface area contributed by atoms with Gasteiger partial charge < -0.3 is 9.84 Å². The van der Waals surface area contributed by atoms with Crippen molar-refractivity contribution < 1.29 is 14.6 Å². The van der Waals surface area contributed by atoms with Crippen molar-refractivity contribution in [3.63, 3.8) is 0 Å². The molecule has 0 aliphatic rings. The van der Waals surface area contributed by atoms with Crippen LogP contribution in [0.1, 0.15) is 17.7 Å². The molecule has 1 heterocycles. The van der Waals surface area contributed by atoms with Gasteiger partial charge in [-0.15, -0.1) is 0 Å². The average Bonchev–Trinajstić information content (AvgIpc) is 2.59. The van der Waals surface area contributed by atoms with Crippen molar-refractivity contribution in [1.82, 2.24) is 4.98 Å². The summed E-state index contributed by atoms with van der Waals surface area (Å²) in [6, 6.07) is 19.3. The summed E-state index contributed by atoms with van der Waals surface area (Å²) in [7, 11) is 0. The number of aromatic nitrogens is 1. The predicted octanol–water partition coefficient (Wildman–Crippen LogP) is 4.01. The number of carboxylic acids is 1. The quantitative estimate of drug-likeness (QED) is 0.745. The van der Waals surface area contributed by atoms with Crippen molar-refractivity contribution >= 4 is 16.9 Å². The van der Waals surface area contributed by atoms with Gasteiger partial charge in [0, 0.05) is 11.1 Å². The Morgan fingerprint density at radius 3 is 2.62 bits per heavy atom. The van der Waals surface area contributed by atoms with Crippen LogP contribution >= 0.6 is 0 Å². The highest BCUT2D eigenvalue weighted by molar-refractivity contribution is 5.85. The van der Waals surface area contributed by atoms with Crippen molar-refractivity contribution in [1.29, 1.82) is 0 Å². The van der Waals surface area contributed by atoms with Gasteiger partial charge in [0.25, 0.3) is 0 Å². The number of benzene rings is 2. The van der Waals surface area contributed by atoms with Gasteiger partial charge in [0.15, 0.2) is 6.10 Å². The van der Waals surface area contributed by atoms with Crippen molar-refractivity contribution in [2.75, 3.05) is 0 Å². The van der Waals surface area contributed by atoms with Crippen LogP contribution in [0.5, 0.6) is 5.75 Å². The van der Waals surface area contributed by atoms with Crippen LogP contribution in [0.2, 0.25) is 0 Å². The van der Waals surface area contributed by atoms with Crippen LogP contribution in [0.4, 0.5) is 0 Å². The molecule has 0 aliphatic carbocycles. The molecule has 2 aromatic carbocycles. The number of rotatable bonds is 6. The Labute approximate surface area is 140 Å². The number of carboxylic acid groups (broad SMARTS) is 1. The first-order chi connectivity index (χ1) is 11.6. The third-order valence-electron chi connectivity index (χ3n) is 3.91. The van der Waals surface area contributed by atoms with E-state index in [9.17, 15) is 9.90 Å². The summed E-state index contributed by atoms with van der Waals surface area (Å²) in [5, 5.41) is 10.4. The van der Waals surface area contributed by atoms with Gasteiger partial charge >= 0.3 is 5.97 Å². The van der Waals surface area contributed by atoms with E-state index in [1.807, 2.05) is 61.5 Å². The Morgan fingerprint density at radius 1 is 1.08 bits per heavy atom. The van der Waals surface area contributed by atoms with Crippen molar-refractivity contribution in [3.8, 4) is 5.75 Å². The third kappa shape index (κ3) is 3.71. The minimum Gasteiger partial charge on any atom is -0.479 e. The zero-order valence-electron chi connectivity index (χ0n) is 13.5. The summed E-state index contributed by atoms with van der Waals surface area (Å²) in [6.07, 6.45) is 0.148. The molecule has 1 aromatic heterocycles. The molecule has 0 aliphatic heterocycles. The number of pyridine rings is 1. The van der Waals surface area contributed by atoms with Gasteiger partial charge in [-0.3, -0.25) is 0 Å². The molecule has 1 atom stereocenters. The van der Waals surface area contributed by atoms with E-state index in [4.69, 9.17) is 4.74 Å². The SMILES string of the molecule is Cc1ccc2cccc(OC(CCc3ccccc3)C(=O)O)c2n1. The maximum Gasteiger partial charge on any atom is 0.344 e. The molecule has 0 spiro atoms. The number of aryl methyl sites for hydroxylation is 2. The van der Waals surface area contributed by atoms with E-state index in [1.165, 1.54) is 0 Å². The second kappa shape index (κ2) is 7.13. The van der Waals surface area contributed by atoms with Crippen LogP contribution in [-0.2, 0) is 11.2 Å². The molecule has 1 unspecified atom stereocenters. The zero-order chi connectivity index (χ0) is 16.9. The van der Waals surface area contributed by atoms with E-state index in [-0.39, 0.29) is 0 Å². The smallest absolute Gasteiger partial charge is 0.344 e. The lowest BCUT2D eigenvalue weighted by molar-refractivity contribution is -0.145. The van der Waals surface area contributed by atoms with Crippen LogP contribution in [0.25, 0.3) is 10.9 Å². The van der Waals surface area contributed by atoms with E-state index >= 15 is 0 Å². The molecular weight excluding hydrogens is 302 g/mol. The lowest BCUT2D eigenvalue weighted by Crippen LogP contribution is -2.27. The first kappa shape index (κ1) is 16.0. The van der Waals surface area contributed by atoms with Gasteiger partial charge in [-0.2, -0.15) is 0 Å². The van der Waals surface area contributed by atoms with E-state index in [2.05, 4.69) is 4.98 Å². The topological polar surface area (TPSA) is 59.4 Å². The number of aliphatic carboxylic acids is 1. The number of fused-ring (bicyclic) bond motifs is 1. The van der Waals surface area contributed by atoms with Gasteiger partial charge in [-0.25, -0.2) is 9.78 Å². The Balaban J connectivity index is 1.81. The molecule has 4 heteroatoms. The number of hydrogen-bond acceptors (Lipinski definition) is 3. The molecule has 1 N–H and O–H groups in total. The van der Waals surface area contributed by atoms with Gasteiger partial charge in [0.05, 0.1) is 0 Å². The molecule has 3 rings (SSSR count). The maximum absolute atomic E-state index is 11.6. The first-order valence-corrected chi connectivity index (χ1v) is 7.93. The molecule has 0 bridgehead atoms. The van der Waals surface area contributed by atoms with Crippen LogP contribution < -0.4 is 4.74 Å². The summed E-state index contributed by atoms with van der Waals surface area (Å²) < 4.78 is 5.80. The third-order valence-corrected chi connectivity index (χ3v) is 3.91. The fourth-order valence-corrected chi connectivity index (χ4v) is 2.64. The molecule has 3 aromatic rings. The number of nitrogens with zero attached hydrogens (tertiary/aromatic N) is 1. The fraction of sp³-hybridized carbons (Fsp3) is 0.200. The molecule has 24 heavy (non-hydrogen) atoms. The monoisotopic (exact) mass is 321 g/mol. The van der Waals surface area contributed by atoms with Crippen LogP contribution in [0, 0.1) is 6.92 Å². The molecule has 0 saturated heterocycles. The Morgan fingerprint density at radius 2 is 1.88 bits per heavy atom. The Bertz CT molecular complexity index is 846. The van der Waals surface area contributed by atoms with Gasteiger partial charge in [0.1, 0.15) is 11.3 Å². The maximum atomic E-state index is 11.6. The number of ether oxygens (including phenoxy) is 1. The molecule has 4 nitrogen and oxygen atoms in total. The van der Waals surface area contributed by atoms with Crippen LogP contribution in [0.3, 0.4) is 0 Å². The molecule has 0 amide bonds. The highest BCUT2D eigenvalue weighted by atomic mass is 16.5. The molecular formula is C20H19NO3. The minimum absolute atomic E-state index is 0.404. The summed E-state index contributed by atoms with van der Waals surface area (Å²) in [5.41, 5.74) is 2.66. The molecule has 122 valence electrons. The molecule has 0 saturated carbocycles. The lowest BCUT2D eigenvalue weighted by Gasteiger charge is -2.16. The van der Waals surface area contributed by atoms with E-state index < -0.39 is 12.1 Å². The van der Waals surface area contributed by atoms with E-state index in [0.717, 1.165) is 16.6 Å². The summed E-state index contributed by atoms with van der Waals surface area (Å²) in [4.78, 5) is 16.1. The molecule has 0 radical (unpaired) electrons. The summed E-state index contributed by atoms with van der Waals surface area (Å²) in [5.74, 6) is -0.452. The van der Waals surface area contributed by atoms with Crippen molar-refractivity contribution in [2.45, 2.75) is 25.9 Å². The van der Waals surface area contributed by atoms with E-state index in [1.54, 1.807) is 6.07 Å². The highest BCUT2D eigenvalue weighted by Gasteiger charge is 2.20. The van der Waals surface area contributed by atoms with Crippen molar-refractivity contribution in [2.24, 2.45) is 0 Å². The minimum atomic E-state index is -0.962. The zero-order valence-corrected chi connectivity index (χ0v) is 13.5. The lowest BCUT2D eigenvalue weighted by atomic mass is 10.1. The summed E-state index contributed by atoms with van der Waals surface area (Å²) >= 11 is 0. The van der Waals surface area contributed by atoms with E-state index in [0.29, 0.717) is 24.1 Å². The molecule has 0 fully saturated rings. The highest BCUT2D eigenvalue weighted by Crippen LogP contribution is 2.25. The second-order valence-corrected chi connectivity index (χ2v) is 5.75. The second-order valence-electron chi connectivity index (χ2n) is 5.75. The fourth-order valence-electron chi connectivity index (χ4n) is 2.64. The van der Waals surface area contributed by atoms with Crippen LogP contribution in [0.15, 0.2) is 60.7 Å². The van der Waals surface area contributed by atoms with Gasteiger partial charge in [0.2, 0.25) is 0 Å². The van der Waals surface area contributed by atoms with Crippen molar-refractivity contribution in [3.05, 3.63) is 71.9 Å². The number of para-hydroxylation sites is 1. The average molecular weight is 321 g/mol. The van der Waals surface area contributed by atoms with Crippen LogP contribution in [-0.4, -0.2) is 22.2 Å². The Kier molecular flexibility index (Phi) is 4.75. The standard InChI is InChI=1S/C20H19NO3/c1-14-10-12-16-8-5-9-17(19(16)21-14)24-18(20(22)23)13-11-15-6-3-2-4-7-15/h2-10,12,18H,11,13H2,1H3,(H,22,23). The normalized spacial score (nSPS) is 12.0. The predicted molar refractivity (Wildman–Crippen MR) is 93.3 cm³/mol. The Hall–Kier alpha value is -2.88. The largest absolute Gasteiger partial charge is 0.479 e. The van der Waals surface area contributed by atoms with Gasteiger partial charge in [-0.1, -0.05) is 48.5 Å². The number of hydrogen-bond donors (Lipinski definition) is 1. The number of carbonyl (C=O) groups is 1. The first-order valence-electron chi connectivity index (χ1n) is 7.93. The summed E-state index contributed by atoms with van der Waals surface area (Å²) in [6.45, 7) is 1.90.